The van der Waals surface area contributed by atoms with Gasteiger partial charge in [0.15, 0.2) is 0 Å². The molecule has 2 aromatic heterocycles. The number of para-hydroxylation sites is 4. The molecular formula is C72H48N2. The Hall–Kier alpha value is -9.76. The molecule has 0 N–H and O–H groups in total. The molecule has 0 bridgehead atoms. The van der Waals surface area contributed by atoms with Crippen LogP contribution in [0.5, 0.6) is 0 Å². The van der Waals surface area contributed by atoms with Crippen LogP contribution in [-0.2, 0) is 0 Å². The van der Waals surface area contributed by atoms with Crippen LogP contribution in [0.3, 0.4) is 0 Å². The third-order valence-electron chi connectivity index (χ3n) is 14.9. The number of hydrogen-bond donors (Lipinski definition) is 0. The first-order chi connectivity index (χ1) is 36.7. The average Bonchev–Trinajstić information content (AvgIpc) is 4.00. The van der Waals surface area contributed by atoms with Crippen molar-refractivity contribution in [3.8, 4) is 89.3 Å². The van der Waals surface area contributed by atoms with Gasteiger partial charge in [-0.2, -0.15) is 0 Å². The summed E-state index contributed by atoms with van der Waals surface area (Å²) in [6.07, 6.45) is 0. The van der Waals surface area contributed by atoms with Crippen molar-refractivity contribution in [1.82, 2.24) is 9.13 Å². The fraction of sp³-hybridized carbons (Fsp3) is 0. The molecule has 0 spiro atoms. The van der Waals surface area contributed by atoms with E-state index in [9.17, 15) is 0 Å². The van der Waals surface area contributed by atoms with Crippen LogP contribution in [0.4, 0.5) is 0 Å². The van der Waals surface area contributed by atoms with Gasteiger partial charge in [0, 0.05) is 32.8 Å². The molecule has 0 fully saturated rings. The van der Waals surface area contributed by atoms with Crippen LogP contribution in [0.1, 0.15) is 0 Å². The number of fused-ring (bicyclic) bond motifs is 6. The average molecular weight is 941 g/mol. The van der Waals surface area contributed by atoms with E-state index in [0.717, 1.165) is 5.69 Å². The van der Waals surface area contributed by atoms with E-state index < -0.39 is 0 Å². The lowest BCUT2D eigenvalue weighted by Crippen LogP contribution is -1.97. The molecule has 0 unspecified atom stereocenters. The maximum absolute atomic E-state index is 2.45. The van der Waals surface area contributed by atoms with E-state index in [0.29, 0.717) is 0 Å². The zero-order valence-electron chi connectivity index (χ0n) is 40.6. The molecule has 0 saturated heterocycles. The second-order valence-corrected chi connectivity index (χ2v) is 19.3. The molecule has 0 atom stereocenters. The summed E-state index contributed by atoms with van der Waals surface area (Å²) in [5.74, 6) is 0. The fourth-order valence-corrected chi connectivity index (χ4v) is 11.3. The van der Waals surface area contributed by atoms with Gasteiger partial charge in [-0.3, -0.25) is 0 Å². The van der Waals surface area contributed by atoms with Crippen molar-refractivity contribution in [2.75, 3.05) is 0 Å². The summed E-state index contributed by atoms with van der Waals surface area (Å²) >= 11 is 0. The lowest BCUT2D eigenvalue weighted by molar-refractivity contribution is 1.18. The SMILES string of the molecule is c1ccc(-c2ccc(-c3cccc(-c4cccc(-c5ccc(-c6cccc(-c7ccccc7-n7c8ccccc8c8cc(-c9ccc%10c(c9)c9ccccc9n%10-c9ccccc9)ccc87)c6)cc5)c4)c3)cc2)cc1. The zero-order chi connectivity index (χ0) is 49.0. The van der Waals surface area contributed by atoms with Crippen LogP contribution >= 0.6 is 0 Å². The minimum atomic E-state index is 1.15. The normalized spacial score (nSPS) is 11.5. The Morgan fingerprint density at radius 1 is 0.176 bits per heavy atom. The second-order valence-electron chi connectivity index (χ2n) is 19.3. The third kappa shape index (κ3) is 7.60. The Labute approximate surface area is 431 Å². The maximum atomic E-state index is 2.45. The van der Waals surface area contributed by atoms with Crippen molar-refractivity contribution in [2.45, 2.75) is 0 Å². The van der Waals surface area contributed by atoms with E-state index in [-0.39, 0.29) is 0 Å². The van der Waals surface area contributed by atoms with Gasteiger partial charge in [0.1, 0.15) is 0 Å². The van der Waals surface area contributed by atoms with Crippen molar-refractivity contribution in [2.24, 2.45) is 0 Å². The second kappa shape index (κ2) is 18.1. The molecule has 0 aliphatic carbocycles. The van der Waals surface area contributed by atoms with Crippen LogP contribution in [0.2, 0.25) is 0 Å². The summed E-state index contributed by atoms with van der Waals surface area (Å²) in [4.78, 5) is 0. The molecule has 14 rings (SSSR count). The Morgan fingerprint density at radius 2 is 0.500 bits per heavy atom. The number of nitrogens with zero attached hydrogens (tertiary/aromatic N) is 2. The molecule has 74 heavy (non-hydrogen) atoms. The van der Waals surface area contributed by atoms with Crippen LogP contribution in [0.15, 0.2) is 291 Å². The van der Waals surface area contributed by atoms with Crippen molar-refractivity contribution >= 4 is 43.6 Å². The predicted octanol–water partition coefficient (Wildman–Crippen LogP) is 19.5. The summed E-state index contributed by atoms with van der Waals surface area (Å²) < 4.78 is 4.83. The van der Waals surface area contributed by atoms with E-state index in [2.05, 4.69) is 300 Å². The Bertz CT molecular complexity index is 4390. The minimum Gasteiger partial charge on any atom is -0.309 e. The summed E-state index contributed by atoms with van der Waals surface area (Å²) in [5.41, 5.74) is 23.9. The number of aromatic nitrogens is 2. The van der Waals surface area contributed by atoms with Gasteiger partial charge in [-0.05, 0) is 145 Å². The van der Waals surface area contributed by atoms with Crippen LogP contribution in [0, 0.1) is 0 Å². The highest BCUT2D eigenvalue weighted by Crippen LogP contribution is 2.41. The molecule has 2 heterocycles. The molecule has 12 aromatic carbocycles. The first kappa shape index (κ1) is 43.1. The summed E-state index contributed by atoms with van der Waals surface area (Å²) in [6.45, 7) is 0. The van der Waals surface area contributed by atoms with Gasteiger partial charge < -0.3 is 9.13 Å². The van der Waals surface area contributed by atoms with Gasteiger partial charge in [0.05, 0.1) is 27.8 Å². The standard InChI is InChI=1S/C72H48N2/c1-3-16-49(17-4-1)50-32-34-51(35-33-50)54-18-13-21-57(44-54)58-22-14-19-55(45-58)52-36-38-53(39-37-52)56-20-15-23-61(46-56)63-26-7-10-29-68(63)74-70-31-12-9-28-65(70)67-48-60(41-43-72(67)74)59-40-42-71-66(47-59)64-27-8-11-30-69(64)73(71)62-24-5-2-6-25-62/h1-48H. The van der Waals surface area contributed by atoms with Crippen molar-refractivity contribution in [3.63, 3.8) is 0 Å². The number of rotatable bonds is 9. The van der Waals surface area contributed by atoms with Gasteiger partial charge in [-0.1, -0.05) is 218 Å². The van der Waals surface area contributed by atoms with Crippen molar-refractivity contribution in [3.05, 3.63) is 291 Å². The lowest BCUT2D eigenvalue weighted by Gasteiger charge is -2.15. The Kier molecular flexibility index (Phi) is 10.6. The van der Waals surface area contributed by atoms with E-state index in [4.69, 9.17) is 0 Å². The van der Waals surface area contributed by atoms with E-state index in [1.165, 1.54) is 127 Å². The Balaban J connectivity index is 0.766. The minimum absolute atomic E-state index is 1.15. The van der Waals surface area contributed by atoms with Crippen molar-refractivity contribution < 1.29 is 0 Å². The molecular weight excluding hydrogens is 893 g/mol. The highest BCUT2D eigenvalue weighted by molar-refractivity contribution is 6.13. The highest BCUT2D eigenvalue weighted by Gasteiger charge is 2.18. The highest BCUT2D eigenvalue weighted by atomic mass is 15.0. The number of hydrogen-bond acceptors (Lipinski definition) is 0. The molecule has 2 nitrogen and oxygen atoms in total. The topological polar surface area (TPSA) is 9.86 Å². The van der Waals surface area contributed by atoms with Gasteiger partial charge in [0.2, 0.25) is 0 Å². The van der Waals surface area contributed by atoms with Gasteiger partial charge in [-0.15, -0.1) is 0 Å². The lowest BCUT2D eigenvalue weighted by atomic mass is 9.94. The van der Waals surface area contributed by atoms with Gasteiger partial charge in [-0.25, -0.2) is 0 Å². The summed E-state index contributed by atoms with van der Waals surface area (Å²) in [6, 6.07) is 106. The van der Waals surface area contributed by atoms with E-state index in [1.54, 1.807) is 0 Å². The van der Waals surface area contributed by atoms with Gasteiger partial charge in [0.25, 0.3) is 0 Å². The maximum Gasteiger partial charge on any atom is 0.0541 e. The first-order valence-electron chi connectivity index (χ1n) is 25.5. The van der Waals surface area contributed by atoms with Crippen LogP contribution < -0.4 is 0 Å². The molecule has 2 heteroatoms. The summed E-state index contributed by atoms with van der Waals surface area (Å²) in [7, 11) is 0. The largest absolute Gasteiger partial charge is 0.309 e. The fourth-order valence-electron chi connectivity index (χ4n) is 11.3. The zero-order valence-corrected chi connectivity index (χ0v) is 40.6. The van der Waals surface area contributed by atoms with E-state index >= 15 is 0 Å². The number of benzene rings is 12. The first-order valence-corrected chi connectivity index (χ1v) is 25.5. The molecule has 0 aliphatic heterocycles. The molecule has 14 aromatic rings. The Morgan fingerprint density at radius 3 is 1.04 bits per heavy atom. The van der Waals surface area contributed by atoms with E-state index in [1.807, 2.05) is 0 Å². The predicted molar refractivity (Wildman–Crippen MR) is 313 cm³/mol. The van der Waals surface area contributed by atoms with Crippen LogP contribution in [-0.4, -0.2) is 9.13 Å². The molecule has 0 amide bonds. The summed E-state index contributed by atoms with van der Waals surface area (Å²) in [5, 5.41) is 4.98. The monoisotopic (exact) mass is 940 g/mol. The van der Waals surface area contributed by atoms with Crippen LogP contribution in [0.25, 0.3) is 133 Å². The third-order valence-corrected chi connectivity index (χ3v) is 14.9. The smallest absolute Gasteiger partial charge is 0.0541 e. The molecule has 0 radical (unpaired) electrons. The quantitative estimate of drug-likeness (QED) is 0.136. The molecule has 0 aliphatic rings. The molecule has 346 valence electrons. The molecule has 0 saturated carbocycles. The van der Waals surface area contributed by atoms with Gasteiger partial charge >= 0.3 is 0 Å². The van der Waals surface area contributed by atoms with Crippen molar-refractivity contribution in [1.29, 1.82) is 0 Å².